The lowest BCUT2D eigenvalue weighted by Crippen LogP contribution is -2.42. The van der Waals surface area contributed by atoms with E-state index < -0.39 is 17.5 Å². The molecule has 2 saturated carbocycles. The van der Waals surface area contributed by atoms with Crippen molar-refractivity contribution in [2.45, 2.75) is 63.0 Å². The number of rotatable bonds is 5. The highest BCUT2D eigenvalue weighted by Gasteiger charge is 2.46. The molecule has 0 radical (unpaired) electrons. The lowest BCUT2D eigenvalue weighted by atomic mass is 9.78. The Morgan fingerprint density at radius 1 is 1.26 bits per heavy atom. The number of carbonyl (C=O) groups is 2. The number of carbonyl (C=O) groups excluding carboxylic acids is 2. The normalized spacial score (nSPS) is 20.8. The predicted octanol–water partition coefficient (Wildman–Crippen LogP) is 2.85. The maximum Gasteiger partial charge on any atom is 0.317 e. The fraction of sp³-hybridized carbons (Fsp3) is 0.556. The van der Waals surface area contributed by atoms with Gasteiger partial charge in [-0.2, -0.15) is 0 Å². The van der Waals surface area contributed by atoms with Crippen molar-refractivity contribution < 1.29 is 18.7 Å². The third-order valence-electron chi connectivity index (χ3n) is 4.81. The molecule has 1 N–H and O–H groups in total. The van der Waals surface area contributed by atoms with Gasteiger partial charge in [0.2, 0.25) is 0 Å². The quantitative estimate of drug-likeness (QED) is 0.849. The number of hydrogen-bond acceptors (Lipinski definition) is 3. The van der Waals surface area contributed by atoms with Gasteiger partial charge in [-0.25, -0.2) is 4.39 Å². The van der Waals surface area contributed by atoms with Gasteiger partial charge in [0.25, 0.3) is 5.91 Å². The highest BCUT2D eigenvalue weighted by Crippen LogP contribution is 2.43. The molecule has 5 heteroatoms. The summed E-state index contributed by atoms with van der Waals surface area (Å²) in [6, 6.07) is 6.58. The molecule has 2 fully saturated rings. The lowest BCUT2D eigenvalue weighted by molar-refractivity contribution is -0.160. The molecule has 0 spiro atoms. The zero-order valence-electron chi connectivity index (χ0n) is 13.3. The number of nitrogens with one attached hydrogen (secondary N) is 1. The third kappa shape index (κ3) is 3.23. The van der Waals surface area contributed by atoms with Crippen LogP contribution in [0.4, 0.5) is 4.39 Å². The number of ether oxygens (including phenoxy) is 1. The summed E-state index contributed by atoms with van der Waals surface area (Å²) in [6.07, 6.45) is 3.93. The second kappa shape index (κ2) is 6.30. The first kappa shape index (κ1) is 16.0. The first-order valence-corrected chi connectivity index (χ1v) is 8.29. The topological polar surface area (TPSA) is 55.4 Å². The van der Waals surface area contributed by atoms with Crippen LogP contribution in [0.3, 0.4) is 0 Å². The van der Waals surface area contributed by atoms with Crippen molar-refractivity contribution >= 4 is 11.9 Å². The largest absolute Gasteiger partial charge is 0.452 e. The maximum atomic E-state index is 14.2. The average Bonchev–Trinajstić information content (AvgIpc) is 3.20. The van der Waals surface area contributed by atoms with E-state index in [0.29, 0.717) is 18.4 Å². The maximum absolute atomic E-state index is 14.2. The Morgan fingerprint density at radius 2 is 1.91 bits per heavy atom. The van der Waals surface area contributed by atoms with Crippen molar-refractivity contribution in [3.05, 3.63) is 35.6 Å². The molecule has 0 heterocycles. The van der Waals surface area contributed by atoms with Crippen LogP contribution in [0.25, 0.3) is 0 Å². The molecule has 2 aliphatic carbocycles. The third-order valence-corrected chi connectivity index (χ3v) is 4.81. The molecule has 0 bridgehead atoms. The monoisotopic (exact) mass is 319 g/mol. The molecule has 3 rings (SSSR count). The Morgan fingerprint density at radius 3 is 2.52 bits per heavy atom. The van der Waals surface area contributed by atoms with Crippen LogP contribution in [0.2, 0.25) is 0 Å². The molecule has 1 atom stereocenters. The van der Waals surface area contributed by atoms with Crippen LogP contribution >= 0.6 is 0 Å². The molecule has 124 valence electrons. The van der Waals surface area contributed by atoms with E-state index in [1.54, 1.807) is 25.1 Å². The van der Waals surface area contributed by atoms with E-state index in [0.717, 1.165) is 25.7 Å². The van der Waals surface area contributed by atoms with Gasteiger partial charge in [0.05, 0.1) is 5.41 Å². The average molecular weight is 319 g/mol. The van der Waals surface area contributed by atoms with E-state index in [-0.39, 0.29) is 17.8 Å². The van der Waals surface area contributed by atoms with Crippen LogP contribution in [0.5, 0.6) is 0 Å². The second-order valence-electron chi connectivity index (χ2n) is 6.60. The van der Waals surface area contributed by atoms with Crippen LogP contribution in [0.15, 0.2) is 24.3 Å². The molecule has 23 heavy (non-hydrogen) atoms. The molecule has 0 saturated heterocycles. The van der Waals surface area contributed by atoms with Crippen molar-refractivity contribution in [2.75, 3.05) is 0 Å². The molecule has 0 aromatic heterocycles. The zero-order chi connectivity index (χ0) is 16.4. The second-order valence-corrected chi connectivity index (χ2v) is 6.60. The molecule has 1 aromatic rings. The molecule has 4 nitrogen and oxygen atoms in total. The summed E-state index contributed by atoms with van der Waals surface area (Å²) in [5.41, 5.74) is -0.572. The summed E-state index contributed by atoms with van der Waals surface area (Å²) in [7, 11) is 0. The number of amides is 1. The van der Waals surface area contributed by atoms with Gasteiger partial charge >= 0.3 is 5.97 Å². The minimum absolute atomic E-state index is 0.218. The van der Waals surface area contributed by atoms with E-state index in [1.165, 1.54) is 6.07 Å². The van der Waals surface area contributed by atoms with E-state index in [1.807, 2.05) is 0 Å². The number of halogens is 1. The van der Waals surface area contributed by atoms with Gasteiger partial charge < -0.3 is 10.1 Å². The SMILES string of the molecule is C[C@@H](OC(=O)C1(c2ccccc2F)CCCC1)C(=O)NC1CC1. The number of esters is 1. The summed E-state index contributed by atoms with van der Waals surface area (Å²) >= 11 is 0. The molecular formula is C18H22FNO3. The van der Waals surface area contributed by atoms with Gasteiger partial charge in [-0.1, -0.05) is 31.0 Å². The molecule has 1 aromatic carbocycles. The predicted molar refractivity (Wildman–Crippen MR) is 83.3 cm³/mol. The Bertz CT molecular complexity index is 606. The van der Waals surface area contributed by atoms with Gasteiger partial charge in [0, 0.05) is 11.6 Å². The molecule has 0 unspecified atom stereocenters. The summed E-state index contributed by atoms with van der Waals surface area (Å²) in [5, 5.41) is 2.82. The van der Waals surface area contributed by atoms with E-state index in [2.05, 4.69) is 5.32 Å². The minimum Gasteiger partial charge on any atom is -0.452 e. The molecular weight excluding hydrogens is 297 g/mol. The van der Waals surface area contributed by atoms with E-state index in [9.17, 15) is 14.0 Å². The Hall–Kier alpha value is -1.91. The first-order chi connectivity index (χ1) is 11.0. The summed E-state index contributed by atoms with van der Waals surface area (Å²) < 4.78 is 19.7. The molecule has 0 aliphatic heterocycles. The van der Waals surface area contributed by atoms with Gasteiger partial charge in [-0.3, -0.25) is 9.59 Å². The Balaban J connectivity index is 1.76. The summed E-state index contributed by atoms with van der Waals surface area (Å²) in [5.74, 6) is -1.15. The standard InChI is InChI=1S/C18H22FNO3/c1-12(16(21)20-13-8-9-13)23-17(22)18(10-4-5-11-18)14-6-2-3-7-15(14)19/h2-3,6-7,12-13H,4-5,8-11H2,1H3,(H,20,21)/t12-/m1/s1. The van der Waals surface area contributed by atoms with Crippen molar-refractivity contribution in [3.8, 4) is 0 Å². The molecule has 1 amide bonds. The lowest BCUT2D eigenvalue weighted by Gasteiger charge is -2.29. The van der Waals surface area contributed by atoms with Gasteiger partial charge in [0.15, 0.2) is 6.10 Å². The van der Waals surface area contributed by atoms with Crippen molar-refractivity contribution in [1.29, 1.82) is 0 Å². The zero-order valence-corrected chi connectivity index (χ0v) is 13.3. The highest BCUT2D eigenvalue weighted by molar-refractivity contribution is 5.88. The van der Waals surface area contributed by atoms with Crippen LogP contribution in [0, 0.1) is 5.82 Å². The van der Waals surface area contributed by atoms with Crippen LogP contribution in [0.1, 0.15) is 51.0 Å². The highest BCUT2D eigenvalue weighted by atomic mass is 19.1. The fourth-order valence-electron chi connectivity index (χ4n) is 3.28. The smallest absolute Gasteiger partial charge is 0.317 e. The van der Waals surface area contributed by atoms with Crippen molar-refractivity contribution in [1.82, 2.24) is 5.32 Å². The number of benzene rings is 1. The van der Waals surface area contributed by atoms with E-state index >= 15 is 0 Å². The van der Waals surface area contributed by atoms with E-state index in [4.69, 9.17) is 4.74 Å². The summed E-state index contributed by atoms with van der Waals surface area (Å²) in [6.45, 7) is 1.57. The fourth-order valence-corrected chi connectivity index (χ4v) is 3.28. The van der Waals surface area contributed by atoms with Crippen LogP contribution in [-0.4, -0.2) is 24.0 Å². The van der Waals surface area contributed by atoms with Gasteiger partial charge in [0.1, 0.15) is 5.82 Å². The Labute approximate surface area is 135 Å². The van der Waals surface area contributed by atoms with Crippen LogP contribution < -0.4 is 5.32 Å². The summed E-state index contributed by atoms with van der Waals surface area (Å²) in [4.78, 5) is 24.8. The van der Waals surface area contributed by atoms with Crippen molar-refractivity contribution in [2.24, 2.45) is 0 Å². The van der Waals surface area contributed by atoms with Crippen LogP contribution in [-0.2, 0) is 19.7 Å². The van der Waals surface area contributed by atoms with Gasteiger partial charge in [-0.05, 0) is 38.7 Å². The first-order valence-electron chi connectivity index (χ1n) is 8.29. The van der Waals surface area contributed by atoms with Gasteiger partial charge in [-0.15, -0.1) is 0 Å². The van der Waals surface area contributed by atoms with Crippen molar-refractivity contribution in [3.63, 3.8) is 0 Å². The molecule has 2 aliphatic rings. The number of hydrogen-bond donors (Lipinski definition) is 1. The minimum atomic E-state index is -0.959. The Kier molecular flexibility index (Phi) is 4.37.